The molecule has 3 aromatic carbocycles. The lowest BCUT2D eigenvalue weighted by Crippen LogP contribution is -2.31. The van der Waals surface area contributed by atoms with Crippen LogP contribution in [0, 0.1) is 0 Å². The number of hydrogen-bond donors (Lipinski definition) is 0. The molecule has 0 bridgehead atoms. The zero-order valence-corrected chi connectivity index (χ0v) is 16.8. The predicted octanol–water partition coefficient (Wildman–Crippen LogP) is 7.48. The van der Waals surface area contributed by atoms with Crippen LogP contribution in [-0.2, 0) is 10.3 Å². The van der Waals surface area contributed by atoms with Crippen LogP contribution in [0.1, 0.15) is 55.7 Å². The Labute approximate surface area is 169 Å². The molecule has 3 rings (SSSR count). The average Bonchev–Trinajstić information content (AvgIpc) is 2.78. The fraction of sp³-hybridized carbons (Fsp3) is 0.259. The fourth-order valence-corrected chi connectivity index (χ4v) is 3.63. The number of unbranched alkanes of at least 4 members (excludes halogenated alkanes) is 4. The van der Waals surface area contributed by atoms with Crippen LogP contribution in [0.2, 0.25) is 0 Å². The maximum absolute atomic E-state index is 6.61. The molecule has 0 atom stereocenters. The Bertz CT molecular complexity index is 725. The van der Waals surface area contributed by atoms with E-state index in [1.807, 2.05) is 24.5 Å². The summed E-state index contributed by atoms with van der Waals surface area (Å²) in [6.45, 7) is 2.24. The Balaban J connectivity index is 1.98. The van der Waals surface area contributed by atoms with Gasteiger partial charge in [-0.2, -0.15) is 0 Å². The van der Waals surface area contributed by atoms with Crippen LogP contribution in [0.15, 0.2) is 103 Å². The van der Waals surface area contributed by atoms with E-state index < -0.39 is 5.60 Å². The van der Waals surface area contributed by atoms with Crippen molar-refractivity contribution in [3.63, 3.8) is 0 Å². The minimum atomic E-state index is -0.663. The van der Waals surface area contributed by atoms with Crippen LogP contribution in [0.5, 0.6) is 0 Å². The quantitative estimate of drug-likeness (QED) is 0.204. The molecule has 1 heteroatoms. The topological polar surface area (TPSA) is 9.23 Å². The SMILES string of the molecule is CCCCCCC=COC(c1ccccc1)(c1ccccc1)c1ccccc1. The first-order valence-corrected chi connectivity index (χ1v) is 10.4. The Morgan fingerprint density at radius 1 is 0.643 bits per heavy atom. The fourth-order valence-electron chi connectivity index (χ4n) is 3.63. The van der Waals surface area contributed by atoms with Crippen LogP contribution >= 0.6 is 0 Å². The summed E-state index contributed by atoms with van der Waals surface area (Å²) in [6, 6.07) is 31.5. The van der Waals surface area contributed by atoms with E-state index in [4.69, 9.17) is 4.74 Å². The highest BCUT2D eigenvalue weighted by molar-refractivity contribution is 5.47. The van der Waals surface area contributed by atoms with Gasteiger partial charge in [-0.1, -0.05) is 117 Å². The predicted molar refractivity (Wildman–Crippen MR) is 118 cm³/mol. The molecule has 28 heavy (non-hydrogen) atoms. The molecule has 0 aliphatic carbocycles. The van der Waals surface area contributed by atoms with E-state index in [0.717, 1.165) is 23.1 Å². The third-order valence-electron chi connectivity index (χ3n) is 5.11. The molecule has 1 nitrogen and oxygen atoms in total. The third-order valence-corrected chi connectivity index (χ3v) is 5.11. The number of ether oxygens (including phenoxy) is 1. The van der Waals surface area contributed by atoms with Gasteiger partial charge in [0, 0.05) is 16.7 Å². The monoisotopic (exact) mass is 370 g/mol. The second-order valence-electron chi connectivity index (χ2n) is 7.12. The van der Waals surface area contributed by atoms with Crippen molar-refractivity contribution in [3.05, 3.63) is 120 Å². The minimum absolute atomic E-state index is 0.663. The van der Waals surface area contributed by atoms with Gasteiger partial charge in [0.15, 0.2) is 5.60 Å². The smallest absolute Gasteiger partial charge is 0.183 e. The molecule has 144 valence electrons. The van der Waals surface area contributed by atoms with Gasteiger partial charge >= 0.3 is 0 Å². The van der Waals surface area contributed by atoms with Gasteiger partial charge in [0.25, 0.3) is 0 Å². The standard InChI is InChI=1S/C27H30O/c1-2-3-4-5-6-16-23-28-27(24-17-10-7-11-18-24,25-19-12-8-13-20-25)26-21-14-9-15-22-26/h7-23H,2-6H2,1H3. The Morgan fingerprint density at radius 3 is 1.54 bits per heavy atom. The van der Waals surface area contributed by atoms with E-state index in [0.29, 0.717) is 0 Å². The highest BCUT2D eigenvalue weighted by atomic mass is 16.5. The number of hydrogen-bond acceptors (Lipinski definition) is 1. The average molecular weight is 371 g/mol. The molecule has 0 fully saturated rings. The molecule has 0 aliphatic heterocycles. The molecule has 0 heterocycles. The molecule has 0 aliphatic rings. The van der Waals surface area contributed by atoms with Crippen molar-refractivity contribution >= 4 is 0 Å². The maximum Gasteiger partial charge on any atom is 0.183 e. The maximum atomic E-state index is 6.61. The van der Waals surface area contributed by atoms with Crippen molar-refractivity contribution in [1.82, 2.24) is 0 Å². The van der Waals surface area contributed by atoms with Gasteiger partial charge < -0.3 is 4.74 Å². The summed E-state index contributed by atoms with van der Waals surface area (Å²) in [5, 5.41) is 0. The van der Waals surface area contributed by atoms with Crippen LogP contribution in [0.25, 0.3) is 0 Å². The molecule has 0 N–H and O–H groups in total. The van der Waals surface area contributed by atoms with Crippen molar-refractivity contribution < 1.29 is 4.74 Å². The number of rotatable bonds is 10. The van der Waals surface area contributed by atoms with E-state index in [-0.39, 0.29) is 0 Å². The molecule has 0 aromatic heterocycles. The molecule has 3 aromatic rings. The van der Waals surface area contributed by atoms with E-state index in [1.54, 1.807) is 0 Å². The Morgan fingerprint density at radius 2 is 1.11 bits per heavy atom. The van der Waals surface area contributed by atoms with Crippen molar-refractivity contribution in [2.24, 2.45) is 0 Å². The molecule has 0 saturated carbocycles. The molecular formula is C27H30O. The molecule has 0 radical (unpaired) electrons. The second-order valence-corrected chi connectivity index (χ2v) is 7.12. The van der Waals surface area contributed by atoms with Gasteiger partial charge in [-0.25, -0.2) is 0 Å². The van der Waals surface area contributed by atoms with Gasteiger partial charge in [0.2, 0.25) is 0 Å². The summed E-state index contributed by atoms with van der Waals surface area (Å²) in [6.07, 6.45) is 10.2. The van der Waals surface area contributed by atoms with Crippen LogP contribution in [-0.4, -0.2) is 0 Å². The first-order chi connectivity index (χ1) is 13.9. The summed E-state index contributed by atoms with van der Waals surface area (Å²) in [5.41, 5.74) is 2.72. The first-order valence-electron chi connectivity index (χ1n) is 10.4. The lowest BCUT2D eigenvalue weighted by atomic mass is 9.80. The van der Waals surface area contributed by atoms with Crippen molar-refractivity contribution in [2.45, 2.75) is 44.6 Å². The zero-order chi connectivity index (χ0) is 19.5. The van der Waals surface area contributed by atoms with Crippen molar-refractivity contribution in [1.29, 1.82) is 0 Å². The van der Waals surface area contributed by atoms with Crippen LogP contribution in [0.3, 0.4) is 0 Å². The normalized spacial score (nSPS) is 11.6. The van der Waals surface area contributed by atoms with E-state index >= 15 is 0 Å². The van der Waals surface area contributed by atoms with E-state index in [9.17, 15) is 0 Å². The molecule has 0 unspecified atom stereocenters. The van der Waals surface area contributed by atoms with E-state index in [1.165, 1.54) is 25.7 Å². The molecule has 0 spiro atoms. The highest BCUT2D eigenvalue weighted by Gasteiger charge is 2.37. The summed E-state index contributed by atoms with van der Waals surface area (Å²) in [7, 11) is 0. The first kappa shape index (κ1) is 19.9. The molecule has 0 amide bonds. The van der Waals surface area contributed by atoms with Crippen molar-refractivity contribution in [2.75, 3.05) is 0 Å². The zero-order valence-electron chi connectivity index (χ0n) is 16.8. The van der Waals surface area contributed by atoms with Crippen LogP contribution in [0.4, 0.5) is 0 Å². The Kier molecular flexibility index (Phi) is 7.49. The number of benzene rings is 3. The van der Waals surface area contributed by atoms with Crippen molar-refractivity contribution in [3.8, 4) is 0 Å². The lowest BCUT2D eigenvalue weighted by Gasteiger charge is -2.35. The minimum Gasteiger partial charge on any atom is -0.481 e. The largest absolute Gasteiger partial charge is 0.481 e. The molecular weight excluding hydrogens is 340 g/mol. The van der Waals surface area contributed by atoms with E-state index in [2.05, 4.69) is 85.8 Å². The second kappa shape index (κ2) is 10.5. The lowest BCUT2D eigenvalue weighted by molar-refractivity contribution is 0.0973. The third kappa shape index (κ3) is 4.72. The summed E-state index contributed by atoms with van der Waals surface area (Å²) in [4.78, 5) is 0. The summed E-state index contributed by atoms with van der Waals surface area (Å²) < 4.78 is 6.61. The van der Waals surface area contributed by atoms with Gasteiger partial charge in [-0.3, -0.25) is 0 Å². The number of allylic oxidation sites excluding steroid dienone is 1. The summed E-state index contributed by atoms with van der Waals surface area (Å²) in [5.74, 6) is 0. The highest BCUT2D eigenvalue weighted by Crippen LogP contribution is 2.40. The Hall–Kier alpha value is -2.80. The van der Waals surface area contributed by atoms with Gasteiger partial charge in [-0.05, 0) is 18.9 Å². The molecule has 0 saturated heterocycles. The van der Waals surface area contributed by atoms with Gasteiger partial charge in [0.1, 0.15) is 0 Å². The van der Waals surface area contributed by atoms with Gasteiger partial charge in [0.05, 0.1) is 6.26 Å². The summed E-state index contributed by atoms with van der Waals surface area (Å²) >= 11 is 0. The van der Waals surface area contributed by atoms with Gasteiger partial charge in [-0.15, -0.1) is 0 Å². The van der Waals surface area contributed by atoms with Crippen LogP contribution < -0.4 is 0 Å².